The Morgan fingerprint density at radius 3 is 2.39 bits per heavy atom. The molecule has 1 saturated heterocycles. The number of piperidine rings is 1. The molecule has 4 amide bonds. The van der Waals surface area contributed by atoms with Gasteiger partial charge in [0.1, 0.15) is 5.60 Å². The summed E-state index contributed by atoms with van der Waals surface area (Å²) in [6, 6.07) is -0.207. The van der Waals surface area contributed by atoms with Crippen LogP contribution in [0.15, 0.2) is 0 Å². The molecule has 0 spiro atoms. The average molecular weight is 399 g/mol. The van der Waals surface area contributed by atoms with Gasteiger partial charge in [-0.25, -0.2) is 24.8 Å². The first-order valence-corrected chi connectivity index (χ1v) is 10.1. The predicted molar refractivity (Wildman–Crippen MR) is 104 cm³/mol. The summed E-state index contributed by atoms with van der Waals surface area (Å²) >= 11 is 0. The van der Waals surface area contributed by atoms with E-state index in [9.17, 15) is 14.4 Å². The van der Waals surface area contributed by atoms with Crippen molar-refractivity contribution in [1.82, 2.24) is 20.7 Å². The number of hydrazine groups is 1. The maximum atomic E-state index is 12.8. The SMILES string of the molecule is COC(=O)N1CCCC(CN(NC(=O)OC(C)(C)C)C(=O)NC2CCCC2)C1. The first-order valence-electron chi connectivity index (χ1n) is 10.1. The molecule has 2 rings (SSSR count). The van der Waals surface area contributed by atoms with Crippen LogP contribution in [-0.4, -0.2) is 66.5 Å². The third-order valence-corrected chi connectivity index (χ3v) is 4.95. The first-order chi connectivity index (χ1) is 13.2. The van der Waals surface area contributed by atoms with Gasteiger partial charge in [-0.05, 0) is 52.4 Å². The van der Waals surface area contributed by atoms with Gasteiger partial charge < -0.3 is 19.7 Å². The van der Waals surface area contributed by atoms with Crippen LogP contribution in [0.3, 0.4) is 0 Å². The molecule has 2 N–H and O–H groups in total. The highest BCUT2D eigenvalue weighted by Gasteiger charge is 2.30. The fourth-order valence-corrected chi connectivity index (χ4v) is 3.68. The molecule has 1 saturated carbocycles. The Kier molecular flexibility index (Phi) is 7.77. The van der Waals surface area contributed by atoms with Crippen molar-refractivity contribution in [3.05, 3.63) is 0 Å². The molecule has 9 heteroatoms. The highest BCUT2D eigenvalue weighted by Crippen LogP contribution is 2.20. The fraction of sp³-hybridized carbons (Fsp3) is 0.842. The number of rotatable bonds is 3. The number of urea groups is 1. The van der Waals surface area contributed by atoms with Gasteiger partial charge in [0, 0.05) is 25.7 Å². The normalized spacial score (nSPS) is 20.4. The number of methoxy groups -OCH3 is 1. The lowest BCUT2D eigenvalue weighted by molar-refractivity contribution is 0.0330. The van der Waals surface area contributed by atoms with Gasteiger partial charge in [0.2, 0.25) is 0 Å². The number of carbonyl (C=O) groups is 3. The lowest BCUT2D eigenvalue weighted by Gasteiger charge is -2.35. The van der Waals surface area contributed by atoms with E-state index in [0.717, 1.165) is 38.5 Å². The Morgan fingerprint density at radius 2 is 1.79 bits per heavy atom. The summed E-state index contributed by atoms with van der Waals surface area (Å²) in [7, 11) is 1.36. The summed E-state index contributed by atoms with van der Waals surface area (Å²) in [6.45, 7) is 6.72. The molecule has 0 aromatic heterocycles. The molecule has 2 fully saturated rings. The summed E-state index contributed by atoms with van der Waals surface area (Å²) in [6.07, 6.45) is 4.74. The maximum absolute atomic E-state index is 12.8. The highest BCUT2D eigenvalue weighted by molar-refractivity contribution is 5.78. The summed E-state index contributed by atoms with van der Waals surface area (Å²) in [4.78, 5) is 38.5. The van der Waals surface area contributed by atoms with Crippen molar-refractivity contribution in [2.75, 3.05) is 26.7 Å². The largest absolute Gasteiger partial charge is 0.453 e. The first kappa shape index (κ1) is 22.1. The van der Waals surface area contributed by atoms with E-state index >= 15 is 0 Å². The van der Waals surface area contributed by atoms with Gasteiger partial charge in [-0.3, -0.25) is 0 Å². The molecule has 9 nitrogen and oxygen atoms in total. The standard InChI is InChI=1S/C19H34N4O5/c1-19(2,3)28-17(25)21-23(16(24)20-15-9-5-6-10-15)13-14-8-7-11-22(12-14)18(26)27-4/h14-15H,5-13H2,1-4H3,(H,20,24)(H,21,25). The monoisotopic (exact) mass is 398 g/mol. The van der Waals surface area contributed by atoms with Crippen molar-refractivity contribution in [1.29, 1.82) is 0 Å². The second kappa shape index (κ2) is 9.84. The number of nitrogens with one attached hydrogen (secondary N) is 2. The molecule has 1 heterocycles. The molecule has 1 unspecified atom stereocenters. The Bertz CT molecular complexity index is 557. The summed E-state index contributed by atoms with van der Waals surface area (Å²) in [5.74, 6) is 0.0390. The van der Waals surface area contributed by atoms with Crippen LogP contribution in [0.2, 0.25) is 0 Å². The number of ether oxygens (including phenoxy) is 2. The molecular formula is C19H34N4O5. The van der Waals surface area contributed by atoms with Crippen molar-refractivity contribution >= 4 is 18.2 Å². The Hall–Kier alpha value is -2.19. The van der Waals surface area contributed by atoms with Crippen molar-refractivity contribution < 1.29 is 23.9 Å². The zero-order valence-corrected chi connectivity index (χ0v) is 17.5. The Morgan fingerprint density at radius 1 is 1.11 bits per heavy atom. The van der Waals surface area contributed by atoms with Crippen molar-refractivity contribution in [3.8, 4) is 0 Å². The third-order valence-electron chi connectivity index (χ3n) is 4.95. The summed E-state index contributed by atoms with van der Waals surface area (Å²) in [5, 5.41) is 4.28. The van der Waals surface area contributed by atoms with Crippen LogP contribution >= 0.6 is 0 Å². The van der Waals surface area contributed by atoms with Crippen LogP contribution in [0.25, 0.3) is 0 Å². The minimum Gasteiger partial charge on any atom is -0.453 e. The van der Waals surface area contributed by atoms with Gasteiger partial charge in [0.05, 0.1) is 7.11 Å². The lowest BCUT2D eigenvalue weighted by Crippen LogP contribution is -2.56. The van der Waals surface area contributed by atoms with Crippen molar-refractivity contribution in [2.24, 2.45) is 5.92 Å². The van der Waals surface area contributed by atoms with Crippen LogP contribution in [0, 0.1) is 5.92 Å². The maximum Gasteiger partial charge on any atom is 0.426 e. The predicted octanol–water partition coefficient (Wildman–Crippen LogP) is 2.86. The Balaban J connectivity index is 2.00. The van der Waals surface area contributed by atoms with E-state index in [4.69, 9.17) is 9.47 Å². The van der Waals surface area contributed by atoms with Gasteiger partial charge in [0.15, 0.2) is 0 Å². The molecule has 0 aromatic carbocycles. The van der Waals surface area contributed by atoms with E-state index in [-0.39, 0.29) is 24.1 Å². The molecule has 0 aromatic rings. The summed E-state index contributed by atoms with van der Waals surface area (Å²) in [5.41, 5.74) is 1.92. The quantitative estimate of drug-likeness (QED) is 0.712. The van der Waals surface area contributed by atoms with Gasteiger partial charge >= 0.3 is 18.2 Å². The van der Waals surface area contributed by atoms with Crippen molar-refractivity contribution in [3.63, 3.8) is 0 Å². The highest BCUT2D eigenvalue weighted by atomic mass is 16.6. The van der Waals surface area contributed by atoms with E-state index in [1.54, 1.807) is 25.7 Å². The molecule has 1 aliphatic carbocycles. The number of amides is 4. The number of hydrogen-bond donors (Lipinski definition) is 2. The minimum absolute atomic E-state index is 0.0390. The zero-order chi connectivity index (χ0) is 20.7. The smallest absolute Gasteiger partial charge is 0.426 e. The topological polar surface area (TPSA) is 100 Å². The number of likely N-dealkylation sites (tertiary alicyclic amines) is 1. The molecule has 160 valence electrons. The van der Waals surface area contributed by atoms with Gasteiger partial charge in [-0.2, -0.15) is 0 Å². The van der Waals surface area contributed by atoms with Crippen LogP contribution in [-0.2, 0) is 9.47 Å². The van der Waals surface area contributed by atoms with Gasteiger partial charge in [-0.15, -0.1) is 0 Å². The second-order valence-corrected chi connectivity index (χ2v) is 8.58. The van der Waals surface area contributed by atoms with Crippen molar-refractivity contribution in [2.45, 2.75) is 70.9 Å². The summed E-state index contributed by atoms with van der Waals surface area (Å²) < 4.78 is 10.1. The second-order valence-electron chi connectivity index (χ2n) is 8.58. The Labute approximate surface area is 167 Å². The number of hydrogen-bond acceptors (Lipinski definition) is 5. The van der Waals surface area contributed by atoms with Crippen LogP contribution in [0.1, 0.15) is 59.3 Å². The third kappa shape index (κ3) is 7.09. The van der Waals surface area contributed by atoms with E-state index in [1.165, 1.54) is 12.1 Å². The molecule has 2 aliphatic rings. The van der Waals surface area contributed by atoms with Gasteiger partial charge in [-0.1, -0.05) is 12.8 Å². The molecule has 0 radical (unpaired) electrons. The fourth-order valence-electron chi connectivity index (χ4n) is 3.68. The van der Waals surface area contributed by atoms with E-state index in [2.05, 4.69) is 10.7 Å². The molecular weight excluding hydrogens is 364 g/mol. The van der Waals surface area contributed by atoms with E-state index < -0.39 is 11.7 Å². The average Bonchev–Trinajstić information content (AvgIpc) is 3.12. The van der Waals surface area contributed by atoms with Gasteiger partial charge in [0.25, 0.3) is 0 Å². The minimum atomic E-state index is -0.672. The zero-order valence-electron chi connectivity index (χ0n) is 17.5. The van der Waals surface area contributed by atoms with E-state index in [1.807, 2.05) is 0 Å². The van der Waals surface area contributed by atoms with Crippen LogP contribution < -0.4 is 10.7 Å². The van der Waals surface area contributed by atoms with Crippen LogP contribution in [0.5, 0.6) is 0 Å². The number of nitrogens with zero attached hydrogens (tertiary/aromatic N) is 2. The lowest BCUT2D eigenvalue weighted by atomic mass is 9.98. The molecule has 1 aliphatic heterocycles. The molecule has 0 bridgehead atoms. The van der Waals surface area contributed by atoms with Crippen LogP contribution in [0.4, 0.5) is 14.4 Å². The molecule has 1 atom stereocenters. The molecule has 28 heavy (non-hydrogen) atoms. The van der Waals surface area contributed by atoms with E-state index in [0.29, 0.717) is 19.6 Å². The number of carbonyl (C=O) groups excluding carboxylic acids is 3.